The predicted octanol–water partition coefficient (Wildman–Crippen LogP) is 4.38. The summed E-state index contributed by atoms with van der Waals surface area (Å²) in [6, 6.07) is 0. The Labute approximate surface area is 119 Å². The Morgan fingerprint density at radius 1 is 0.619 bits per heavy atom. The van der Waals surface area contributed by atoms with Gasteiger partial charge >= 0.3 is 12.4 Å². The van der Waals surface area contributed by atoms with Gasteiger partial charge in [-0.3, -0.25) is 9.59 Å². The summed E-state index contributed by atoms with van der Waals surface area (Å²) in [6.45, 7) is 6.49. The van der Waals surface area contributed by atoms with Gasteiger partial charge in [-0.2, -0.15) is 26.3 Å². The molecule has 0 amide bonds. The smallest absolute Gasteiger partial charge is 0.295 e. The second kappa shape index (κ2) is 5.10. The van der Waals surface area contributed by atoms with Gasteiger partial charge in [0.25, 0.3) is 0 Å². The molecule has 0 saturated heterocycles. The van der Waals surface area contributed by atoms with Crippen molar-refractivity contribution in [3.8, 4) is 0 Å². The van der Waals surface area contributed by atoms with E-state index >= 15 is 0 Å². The van der Waals surface area contributed by atoms with Crippen molar-refractivity contribution in [1.29, 1.82) is 0 Å². The van der Waals surface area contributed by atoms with Crippen LogP contribution in [0.25, 0.3) is 0 Å². The molecule has 0 unspecified atom stereocenters. The molecule has 2 nitrogen and oxygen atoms in total. The first kappa shape index (κ1) is 20.1. The van der Waals surface area contributed by atoms with Crippen molar-refractivity contribution in [3.63, 3.8) is 0 Å². The normalized spacial score (nSPS) is 15.0. The molecule has 9 heteroatoms. The van der Waals surface area contributed by atoms with E-state index in [1.807, 2.05) is 0 Å². The largest absolute Gasteiger partial charge is 0.445 e. The highest BCUT2D eigenvalue weighted by Crippen LogP contribution is 2.55. The predicted molar refractivity (Wildman–Crippen MR) is 67.3 cm³/mol. The van der Waals surface area contributed by atoms with Crippen molar-refractivity contribution in [2.24, 2.45) is 0 Å². The monoisotopic (exact) mass is 336 g/mol. The summed E-state index contributed by atoms with van der Waals surface area (Å²) in [6.07, 6.45) is -11.0. The molecule has 0 saturated carbocycles. The van der Waals surface area contributed by atoms with Crippen LogP contribution in [0.2, 0.25) is 10.1 Å². The van der Waals surface area contributed by atoms with Crippen molar-refractivity contribution in [2.75, 3.05) is 0 Å². The van der Waals surface area contributed by atoms with E-state index in [1.165, 1.54) is 0 Å². The first-order valence-electron chi connectivity index (χ1n) is 6.04. The van der Waals surface area contributed by atoms with Crippen molar-refractivity contribution >= 4 is 18.9 Å². The molecular weight excluding hydrogens is 318 g/mol. The minimum Gasteiger partial charge on any atom is -0.295 e. The Morgan fingerprint density at radius 2 is 0.810 bits per heavy atom. The Morgan fingerprint density at radius 3 is 0.905 bits per heavy atom. The zero-order valence-electron chi connectivity index (χ0n) is 12.6. The lowest BCUT2D eigenvalue weighted by Gasteiger charge is -2.48. The molecule has 0 aromatic carbocycles. The fourth-order valence-electron chi connectivity index (χ4n) is 3.02. The van der Waals surface area contributed by atoms with E-state index in [1.54, 1.807) is 0 Å². The van der Waals surface area contributed by atoms with Crippen molar-refractivity contribution < 1.29 is 35.9 Å². The number of hydrogen-bond donors (Lipinski definition) is 0. The number of halogens is 6. The Bertz CT molecular complexity index is 395. The van der Waals surface area contributed by atoms with Crippen molar-refractivity contribution in [3.05, 3.63) is 0 Å². The third-order valence-corrected chi connectivity index (χ3v) is 9.88. The van der Waals surface area contributed by atoms with Gasteiger partial charge in [0.15, 0.2) is 0 Å². The van der Waals surface area contributed by atoms with Crippen LogP contribution in [0, 0.1) is 0 Å². The minimum atomic E-state index is -5.49. The molecule has 0 spiro atoms. The molecular formula is C12H18F6O2Si. The highest BCUT2D eigenvalue weighted by molar-refractivity contribution is 7.28. The van der Waals surface area contributed by atoms with E-state index in [4.69, 9.17) is 0 Å². The third kappa shape index (κ3) is 3.32. The van der Waals surface area contributed by atoms with E-state index in [9.17, 15) is 35.9 Å². The van der Waals surface area contributed by atoms with Crippen LogP contribution in [0.15, 0.2) is 0 Å². The van der Waals surface area contributed by atoms with Gasteiger partial charge in [0.1, 0.15) is 0 Å². The summed E-state index contributed by atoms with van der Waals surface area (Å²) in [4.78, 5) is 23.8. The molecule has 0 fully saturated rings. The van der Waals surface area contributed by atoms with Gasteiger partial charge in [0.05, 0.1) is 0 Å². The number of hydrogen-bond acceptors (Lipinski definition) is 2. The standard InChI is InChI=1S/C12H18F6O2Si/c1-9(2,3)21(10(4,5)6,7(19)11(13,14)15)8(20)12(16,17)18/h1-6H3. The topological polar surface area (TPSA) is 34.1 Å². The quantitative estimate of drug-likeness (QED) is 0.554. The molecule has 0 atom stereocenters. The molecule has 0 aliphatic rings. The number of rotatable bonds is 2. The van der Waals surface area contributed by atoms with Crippen LogP contribution in [-0.4, -0.2) is 31.2 Å². The van der Waals surface area contributed by atoms with Crippen LogP contribution >= 0.6 is 0 Å². The van der Waals surface area contributed by atoms with Gasteiger partial charge in [-0.15, -0.1) is 0 Å². The number of alkyl halides is 6. The van der Waals surface area contributed by atoms with Crippen LogP contribution in [0.5, 0.6) is 0 Å². The van der Waals surface area contributed by atoms with Gasteiger partial charge in [-0.25, -0.2) is 0 Å². The van der Waals surface area contributed by atoms with Crippen molar-refractivity contribution in [2.45, 2.75) is 64.0 Å². The molecule has 124 valence electrons. The van der Waals surface area contributed by atoms with E-state index in [0.717, 1.165) is 41.5 Å². The van der Waals surface area contributed by atoms with Crippen LogP contribution in [0.3, 0.4) is 0 Å². The maximum Gasteiger partial charge on any atom is 0.445 e. The van der Waals surface area contributed by atoms with E-state index in [2.05, 4.69) is 0 Å². The average Bonchev–Trinajstić information content (AvgIpc) is 2.10. The highest BCUT2D eigenvalue weighted by atomic mass is 28.3. The molecule has 21 heavy (non-hydrogen) atoms. The fourth-order valence-corrected chi connectivity index (χ4v) is 9.05. The summed E-state index contributed by atoms with van der Waals surface area (Å²) in [7, 11) is -5.20. The molecule has 0 aromatic heterocycles. The molecule has 0 aliphatic carbocycles. The lowest BCUT2D eigenvalue weighted by molar-refractivity contribution is -0.170. The Kier molecular flexibility index (Phi) is 4.89. The van der Waals surface area contributed by atoms with Gasteiger partial charge in [0, 0.05) is 0 Å². The second-order valence-corrected chi connectivity index (χ2v) is 12.3. The lowest BCUT2D eigenvalue weighted by Crippen LogP contribution is -2.71. The van der Waals surface area contributed by atoms with Gasteiger partial charge in [-0.05, 0) is 10.1 Å². The van der Waals surface area contributed by atoms with Crippen molar-refractivity contribution in [1.82, 2.24) is 0 Å². The summed E-state index contributed by atoms with van der Waals surface area (Å²) in [5.41, 5.74) is 0. The number of carbonyl (C=O) groups excluding carboxylic acids is 2. The molecule has 0 N–H and O–H groups in total. The zero-order chi connectivity index (χ0) is 17.7. The van der Waals surface area contributed by atoms with Gasteiger partial charge < -0.3 is 0 Å². The summed E-state index contributed by atoms with van der Waals surface area (Å²) >= 11 is 0. The molecule has 0 rings (SSSR count). The lowest BCUT2D eigenvalue weighted by atomic mass is 10.2. The first-order chi connectivity index (χ1) is 8.81. The van der Waals surface area contributed by atoms with Gasteiger partial charge in [0.2, 0.25) is 18.9 Å². The summed E-state index contributed by atoms with van der Waals surface area (Å²) in [5.74, 6) is 0. The zero-order valence-corrected chi connectivity index (χ0v) is 13.6. The van der Waals surface area contributed by atoms with E-state index in [-0.39, 0.29) is 0 Å². The van der Waals surface area contributed by atoms with E-state index in [0.29, 0.717) is 0 Å². The average molecular weight is 336 g/mol. The molecule has 0 radical (unpaired) electrons. The third-order valence-electron chi connectivity index (χ3n) is 3.45. The maximum atomic E-state index is 12.9. The van der Waals surface area contributed by atoms with Crippen LogP contribution in [0.4, 0.5) is 26.3 Å². The SMILES string of the molecule is CC(C)(C)[Si](C(=O)C(F)(F)F)(C(=O)C(F)(F)F)C(C)(C)C. The summed E-state index contributed by atoms with van der Waals surface area (Å²) < 4.78 is 77.5. The second-order valence-electron chi connectivity index (χ2n) is 6.90. The molecule has 0 heterocycles. The van der Waals surface area contributed by atoms with Crippen LogP contribution in [0.1, 0.15) is 41.5 Å². The van der Waals surface area contributed by atoms with Crippen LogP contribution < -0.4 is 0 Å². The van der Waals surface area contributed by atoms with E-state index < -0.39 is 41.3 Å². The highest BCUT2D eigenvalue weighted by Gasteiger charge is 2.74. The van der Waals surface area contributed by atoms with Crippen LogP contribution in [-0.2, 0) is 9.59 Å². The molecule has 0 aliphatic heterocycles. The molecule has 0 aromatic rings. The minimum absolute atomic E-state index is 1.08. The summed E-state index contributed by atoms with van der Waals surface area (Å²) in [5, 5.41) is -8.55. The molecule has 0 bridgehead atoms. The fraction of sp³-hybridized carbons (Fsp3) is 0.833. The Hall–Kier alpha value is -0.863. The Balaban J connectivity index is 6.76. The number of carbonyl (C=O) groups is 2. The maximum absolute atomic E-state index is 12.9. The first-order valence-corrected chi connectivity index (χ1v) is 8.04. The van der Waals surface area contributed by atoms with Gasteiger partial charge in [-0.1, -0.05) is 41.5 Å².